The van der Waals surface area contributed by atoms with Crippen molar-refractivity contribution in [2.45, 2.75) is 18.9 Å². The van der Waals surface area contributed by atoms with Gasteiger partial charge in [-0.1, -0.05) is 24.3 Å². The Balaban J connectivity index is 1.64. The lowest BCUT2D eigenvalue weighted by molar-refractivity contribution is 0.0933. The fourth-order valence-electron chi connectivity index (χ4n) is 2.92. The maximum absolute atomic E-state index is 12.3. The Labute approximate surface area is 130 Å². The Morgan fingerprint density at radius 1 is 1.14 bits per heavy atom. The van der Waals surface area contributed by atoms with Crippen LogP contribution in [-0.4, -0.2) is 25.0 Å². The number of amides is 1. The molecule has 1 heterocycles. The van der Waals surface area contributed by atoms with Crippen molar-refractivity contribution in [3.8, 4) is 0 Å². The van der Waals surface area contributed by atoms with Crippen LogP contribution in [0.25, 0.3) is 0 Å². The van der Waals surface area contributed by atoms with Crippen LogP contribution in [0.1, 0.15) is 23.2 Å². The van der Waals surface area contributed by atoms with Gasteiger partial charge in [0.15, 0.2) is 0 Å². The third-order valence-corrected chi connectivity index (χ3v) is 4.03. The first-order chi connectivity index (χ1) is 10.7. The van der Waals surface area contributed by atoms with Crippen LogP contribution in [-0.2, 0) is 0 Å². The van der Waals surface area contributed by atoms with Gasteiger partial charge in [-0.05, 0) is 43.2 Å². The number of anilines is 2. The van der Waals surface area contributed by atoms with Gasteiger partial charge in [-0.2, -0.15) is 0 Å². The van der Waals surface area contributed by atoms with Gasteiger partial charge < -0.3 is 16.0 Å². The number of rotatable bonds is 3. The third-order valence-electron chi connectivity index (χ3n) is 4.03. The summed E-state index contributed by atoms with van der Waals surface area (Å²) in [7, 11) is 0. The van der Waals surface area contributed by atoms with E-state index in [-0.39, 0.29) is 11.9 Å². The van der Waals surface area contributed by atoms with Crippen molar-refractivity contribution in [1.29, 1.82) is 0 Å². The smallest absolute Gasteiger partial charge is 0.251 e. The van der Waals surface area contributed by atoms with Crippen LogP contribution < -0.4 is 16.0 Å². The Kier molecular flexibility index (Phi) is 4.28. The highest BCUT2D eigenvalue weighted by atomic mass is 16.1. The third kappa shape index (κ3) is 3.39. The molecule has 2 aromatic carbocycles. The molecule has 0 aromatic heterocycles. The number of nitrogens with one attached hydrogen (secondary N) is 1. The molecule has 2 aromatic rings. The number of benzene rings is 2. The Morgan fingerprint density at radius 3 is 2.73 bits per heavy atom. The first kappa shape index (κ1) is 14.4. The van der Waals surface area contributed by atoms with Crippen LogP contribution in [0.15, 0.2) is 54.6 Å². The van der Waals surface area contributed by atoms with Gasteiger partial charge in [-0.25, -0.2) is 0 Å². The molecule has 1 saturated heterocycles. The molecule has 22 heavy (non-hydrogen) atoms. The summed E-state index contributed by atoms with van der Waals surface area (Å²) in [5.41, 5.74) is 8.19. The molecule has 1 unspecified atom stereocenters. The molecule has 1 atom stereocenters. The van der Waals surface area contributed by atoms with Crippen LogP contribution in [0, 0.1) is 0 Å². The quantitative estimate of drug-likeness (QED) is 0.856. The van der Waals surface area contributed by atoms with Gasteiger partial charge >= 0.3 is 0 Å². The van der Waals surface area contributed by atoms with Crippen LogP contribution >= 0.6 is 0 Å². The summed E-state index contributed by atoms with van der Waals surface area (Å²) >= 11 is 0. The number of nitrogens with two attached hydrogens (primary N) is 1. The highest BCUT2D eigenvalue weighted by molar-refractivity contribution is 5.95. The Morgan fingerprint density at radius 2 is 1.95 bits per heavy atom. The predicted octanol–water partition coefficient (Wildman–Crippen LogP) is 2.67. The lowest BCUT2D eigenvalue weighted by Gasteiger charge is -2.34. The summed E-state index contributed by atoms with van der Waals surface area (Å²) in [4.78, 5) is 14.7. The van der Waals surface area contributed by atoms with Crippen molar-refractivity contribution < 1.29 is 4.79 Å². The summed E-state index contributed by atoms with van der Waals surface area (Å²) in [6, 6.07) is 17.6. The normalized spacial score (nSPS) is 18.0. The average molecular weight is 295 g/mol. The van der Waals surface area contributed by atoms with Gasteiger partial charge in [0.2, 0.25) is 0 Å². The van der Waals surface area contributed by atoms with Gasteiger partial charge in [-0.3, -0.25) is 4.79 Å². The summed E-state index contributed by atoms with van der Waals surface area (Å²) in [5, 5.41) is 3.13. The van der Waals surface area contributed by atoms with Crippen molar-refractivity contribution >= 4 is 17.3 Å². The van der Waals surface area contributed by atoms with Crippen molar-refractivity contribution in [2.24, 2.45) is 0 Å². The lowest BCUT2D eigenvalue weighted by atomic mass is 10.0. The standard InChI is InChI=1S/C18H21N3O/c19-15-7-4-6-14(12-15)18(22)20-16-8-5-11-21(13-16)17-9-2-1-3-10-17/h1-4,6-7,9-10,12,16H,5,8,11,13,19H2,(H,20,22). The number of para-hydroxylation sites is 1. The maximum Gasteiger partial charge on any atom is 0.251 e. The molecule has 0 saturated carbocycles. The zero-order chi connectivity index (χ0) is 15.4. The van der Waals surface area contributed by atoms with Gasteiger partial charge in [0.25, 0.3) is 5.91 Å². The van der Waals surface area contributed by atoms with E-state index in [2.05, 4.69) is 22.3 Å². The monoisotopic (exact) mass is 295 g/mol. The highest BCUT2D eigenvalue weighted by Crippen LogP contribution is 2.19. The molecular formula is C18H21N3O. The minimum atomic E-state index is -0.0489. The maximum atomic E-state index is 12.3. The number of nitrogens with zero attached hydrogens (tertiary/aromatic N) is 1. The lowest BCUT2D eigenvalue weighted by Crippen LogP contribution is -2.47. The van der Waals surface area contributed by atoms with E-state index in [0.29, 0.717) is 11.3 Å². The average Bonchev–Trinajstić information content (AvgIpc) is 2.56. The summed E-state index contributed by atoms with van der Waals surface area (Å²) in [5.74, 6) is -0.0489. The second kappa shape index (κ2) is 6.52. The van der Waals surface area contributed by atoms with E-state index in [1.165, 1.54) is 5.69 Å². The summed E-state index contributed by atoms with van der Waals surface area (Å²) in [6.45, 7) is 1.88. The van der Waals surface area contributed by atoms with Crippen LogP contribution in [0.2, 0.25) is 0 Å². The molecule has 1 amide bonds. The first-order valence-electron chi connectivity index (χ1n) is 7.69. The first-order valence-corrected chi connectivity index (χ1v) is 7.69. The predicted molar refractivity (Wildman–Crippen MR) is 90.0 cm³/mol. The van der Waals surface area contributed by atoms with E-state index in [4.69, 9.17) is 5.73 Å². The second-order valence-electron chi connectivity index (χ2n) is 5.72. The Hall–Kier alpha value is -2.49. The minimum absolute atomic E-state index is 0.0489. The second-order valence-corrected chi connectivity index (χ2v) is 5.72. The van der Waals surface area contributed by atoms with Crippen molar-refractivity contribution in [2.75, 3.05) is 23.7 Å². The zero-order valence-corrected chi connectivity index (χ0v) is 12.5. The van der Waals surface area contributed by atoms with E-state index in [1.54, 1.807) is 24.3 Å². The highest BCUT2D eigenvalue weighted by Gasteiger charge is 2.22. The van der Waals surface area contributed by atoms with E-state index < -0.39 is 0 Å². The van der Waals surface area contributed by atoms with E-state index >= 15 is 0 Å². The minimum Gasteiger partial charge on any atom is -0.399 e. The molecule has 0 spiro atoms. The molecule has 0 aliphatic carbocycles. The summed E-state index contributed by atoms with van der Waals surface area (Å²) < 4.78 is 0. The molecular weight excluding hydrogens is 274 g/mol. The van der Waals surface area contributed by atoms with E-state index in [9.17, 15) is 4.79 Å². The van der Waals surface area contributed by atoms with Crippen LogP contribution in [0.3, 0.4) is 0 Å². The van der Waals surface area contributed by atoms with Gasteiger partial charge in [0.05, 0.1) is 0 Å². The molecule has 0 bridgehead atoms. The van der Waals surface area contributed by atoms with Gasteiger partial charge in [0.1, 0.15) is 0 Å². The molecule has 3 rings (SSSR count). The van der Waals surface area contributed by atoms with E-state index in [0.717, 1.165) is 25.9 Å². The molecule has 4 nitrogen and oxygen atoms in total. The molecule has 0 radical (unpaired) electrons. The van der Waals surface area contributed by atoms with Crippen molar-refractivity contribution in [3.05, 3.63) is 60.2 Å². The topological polar surface area (TPSA) is 58.4 Å². The largest absolute Gasteiger partial charge is 0.399 e. The molecule has 3 N–H and O–H groups in total. The molecule has 114 valence electrons. The molecule has 1 aliphatic rings. The zero-order valence-electron chi connectivity index (χ0n) is 12.5. The number of hydrogen-bond donors (Lipinski definition) is 2. The SMILES string of the molecule is Nc1cccc(C(=O)NC2CCCN(c3ccccc3)C2)c1. The summed E-state index contributed by atoms with van der Waals surface area (Å²) in [6.07, 6.45) is 2.09. The van der Waals surface area contributed by atoms with Gasteiger partial charge in [0, 0.05) is 36.1 Å². The van der Waals surface area contributed by atoms with E-state index in [1.807, 2.05) is 18.2 Å². The van der Waals surface area contributed by atoms with Gasteiger partial charge in [-0.15, -0.1) is 0 Å². The molecule has 1 aliphatic heterocycles. The Bertz CT molecular complexity index is 642. The van der Waals surface area contributed by atoms with Crippen molar-refractivity contribution in [1.82, 2.24) is 5.32 Å². The molecule has 4 heteroatoms. The number of carbonyl (C=O) groups is 1. The fraction of sp³-hybridized carbons (Fsp3) is 0.278. The number of carbonyl (C=O) groups excluding carboxylic acids is 1. The molecule has 1 fully saturated rings. The van der Waals surface area contributed by atoms with Crippen LogP contribution in [0.5, 0.6) is 0 Å². The van der Waals surface area contributed by atoms with Crippen molar-refractivity contribution in [3.63, 3.8) is 0 Å². The fourth-order valence-corrected chi connectivity index (χ4v) is 2.92. The number of hydrogen-bond acceptors (Lipinski definition) is 3. The van der Waals surface area contributed by atoms with Crippen LogP contribution in [0.4, 0.5) is 11.4 Å². The number of piperidine rings is 1. The number of nitrogen functional groups attached to an aromatic ring is 1.